The van der Waals surface area contributed by atoms with Crippen molar-refractivity contribution in [1.29, 1.82) is 0 Å². The fourth-order valence-electron chi connectivity index (χ4n) is 11.8. The molecule has 12 aromatic rings. The Balaban J connectivity index is 1.01. The van der Waals surface area contributed by atoms with E-state index in [0.717, 1.165) is 61.4 Å². The van der Waals surface area contributed by atoms with Crippen molar-refractivity contribution in [3.8, 4) is 79.2 Å². The number of hydrogen-bond acceptors (Lipinski definition) is 4. The van der Waals surface area contributed by atoms with Gasteiger partial charge in [0.15, 0.2) is 17.5 Å². The molecule has 70 heavy (non-hydrogen) atoms. The molecule has 0 amide bonds. The molecule has 0 N–H and O–H groups in total. The highest BCUT2D eigenvalue weighted by Crippen LogP contribution is 2.53. The summed E-state index contributed by atoms with van der Waals surface area (Å²) in [5, 5.41) is 2.33. The summed E-state index contributed by atoms with van der Waals surface area (Å²) in [7, 11) is 0. The fourth-order valence-corrected chi connectivity index (χ4v) is 11.8. The molecule has 0 aliphatic heterocycles. The molecule has 3 aromatic heterocycles. The number of nitrogens with zero attached hydrogens (tertiary/aromatic N) is 6. The summed E-state index contributed by atoms with van der Waals surface area (Å²) in [6, 6.07) is 73.8. The van der Waals surface area contributed by atoms with Gasteiger partial charge >= 0.3 is 0 Å². The van der Waals surface area contributed by atoms with Crippen molar-refractivity contribution in [2.75, 3.05) is 0 Å². The van der Waals surface area contributed by atoms with Gasteiger partial charge in [0.25, 0.3) is 0 Å². The zero-order valence-corrected chi connectivity index (χ0v) is 39.3. The smallest absolute Gasteiger partial charge is 0.164 e. The molecule has 0 fully saturated rings. The van der Waals surface area contributed by atoms with Crippen LogP contribution in [0.3, 0.4) is 0 Å². The molecular weight excluding hydrogens is 853 g/mol. The predicted molar refractivity (Wildman–Crippen MR) is 286 cm³/mol. The third-order valence-electron chi connectivity index (χ3n) is 15.2. The minimum atomic E-state index is -0.187. The lowest BCUT2D eigenvalue weighted by Crippen LogP contribution is -2.14. The van der Waals surface area contributed by atoms with Crippen molar-refractivity contribution in [2.24, 2.45) is 0 Å². The molecule has 9 aromatic carbocycles. The van der Waals surface area contributed by atoms with E-state index in [0.29, 0.717) is 17.5 Å². The molecule has 0 saturated carbocycles. The van der Waals surface area contributed by atoms with Crippen molar-refractivity contribution in [1.82, 2.24) is 29.1 Å². The Morgan fingerprint density at radius 1 is 0.329 bits per heavy atom. The van der Waals surface area contributed by atoms with Crippen LogP contribution in [-0.4, -0.2) is 29.1 Å². The molecule has 2 aliphatic carbocycles. The molecule has 0 spiro atoms. The first-order chi connectivity index (χ1) is 34.2. The van der Waals surface area contributed by atoms with Crippen LogP contribution in [0.2, 0.25) is 0 Å². The lowest BCUT2D eigenvalue weighted by molar-refractivity contribution is 0.660. The third kappa shape index (κ3) is 5.86. The van der Waals surface area contributed by atoms with Gasteiger partial charge in [0.05, 0.1) is 22.1 Å². The van der Waals surface area contributed by atoms with Gasteiger partial charge in [-0.15, -0.1) is 0 Å². The van der Waals surface area contributed by atoms with E-state index >= 15 is 0 Å². The van der Waals surface area contributed by atoms with Gasteiger partial charge in [-0.3, -0.25) is 4.57 Å². The molecule has 6 heteroatoms. The van der Waals surface area contributed by atoms with Crippen molar-refractivity contribution in [3.05, 3.63) is 229 Å². The number of hydrogen-bond donors (Lipinski definition) is 0. The highest BCUT2D eigenvalue weighted by Gasteiger charge is 2.38. The maximum atomic E-state index is 5.47. The fraction of sp³-hybridized carbons (Fsp3) is 0.0938. The largest absolute Gasteiger partial charge is 0.309 e. The standard InChI is InChI=1S/C64H46N6/c1-63(2)51-29-14-12-26-45(51)58-46(27-18-30-52(58)63)61-67-59(39-19-17-20-41(35-39)62-65-54-31-15-16-32-56(54)70(62)43-23-9-6-10-24-43)66-60(68-61)40-33-34-55-48(36-40)49-37-47-44-25-11-13-28-50(44)64(3,4)53(47)38-57(49)69(55)42-21-7-5-8-22-42/h5-38H,1-4H3. The van der Waals surface area contributed by atoms with Crippen molar-refractivity contribution in [2.45, 2.75) is 38.5 Å². The third-order valence-corrected chi connectivity index (χ3v) is 15.2. The molecule has 0 saturated heterocycles. The average molecular weight is 899 g/mol. The molecular formula is C64H46N6. The van der Waals surface area contributed by atoms with Crippen LogP contribution in [0.5, 0.6) is 0 Å². The summed E-state index contributed by atoms with van der Waals surface area (Å²) in [6.45, 7) is 9.33. The van der Waals surface area contributed by atoms with Crippen LogP contribution in [0.15, 0.2) is 206 Å². The highest BCUT2D eigenvalue weighted by molar-refractivity contribution is 6.12. The van der Waals surface area contributed by atoms with Gasteiger partial charge in [0.2, 0.25) is 0 Å². The van der Waals surface area contributed by atoms with E-state index in [2.05, 4.69) is 231 Å². The summed E-state index contributed by atoms with van der Waals surface area (Å²) in [6.07, 6.45) is 0. The number of imidazole rings is 1. The number of rotatable bonds is 6. The zero-order chi connectivity index (χ0) is 46.9. The SMILES string of the molecule is CC1(C)c2ccccc2-c2cc3c4cc(-c5nc(-c6cccc(-c7nc8ccccc8n7-c7ccccc7)c6)nc(-c6cccc7c6-c6ccccc6C7(C)C)n5)ccc4n(-c4ccccc4)c3cc21. The summed E-state index contributed by atoms with van der Waals surface area (Å²) in [4.78, 5) is 21.6. The maximum Gasteiger partial charge on any atom is 0.164 e. The Kier molecular flexibility index (Phi) is 8.57. The van der Waals surface area contributed by atoms with Crippen LogP contribution in [0.25, 0.3) is 112 Å². The van der Waals surface area contributed by atoms with Gasteiger partial charge in [-0.25, -0.2) is 19.9 Å². The molecule has 3 heterocycles. The van der Waals surface area contributed by atoms with Crippen molar-refractivity contribution in [3.63, 3.8) is 0 Å². The summed E-state index contributed by atoms with van der Waals surface area (Å²) < 4.78 is 4.65. The summed E-state index contributed by atoms with van der Waals surface area (Å²) in [5.74, 6) is 2.69. The number of para-hydroxylation sites is 4. The minimum absolute atomic E-state index is 0.139. The van der Waals surface area contributed by atoms with E-state index in [9.17, 15) is 0 Å². The monoisotopic (exact) mass is 898 g/mol. The summed E-state index contributed by atoms with van der Waals surface area (Å²) >= 11 is 0. The highest BCUT2D eigenvalue weighted by atomic mass is 15.1. The predicted octanol–water partition coefficient (Wildman–Crippen LogP) is 15.6. The number of benzene rings is 9. The quantitative estimate of drug-likeness (QED) is 0.167. The first kappa shape index (κ1) is 40.3. The van der Waals surface area contributed by atoms with E-state index in [-0.39, 0.29) is 10.8 Å². The average Bonchev–Trinajstić information content (AvgIpc) is 4.09. The second kappa shape index (κ2) is 14.9. The van der Waals surface area contributed by atoms with Crippen LogP contribution >= 0.6 is 0 Å². The molecule has 0 radical (unpaired) electrons. The molecule has 6 nitrogen and oxygen atoms in total. The maximum absolute atomic E-state index is 5.47. The second-order valence-corrected chi connectivity index (χ2v) is 19.9. The van der Waals surface area contributed by atoms with Gasteiger partial charge in [-0.2, -0.15) is 0 Å². The van der Waals surface area contributed by atoms with Crippen LogP contribution < -0.4 is 0 Å². The number of aromatic nitrogens is 6. The van der Waals surface area contributed by atoms with Gasteiger partial charge in [0, 0.05) is 55.2 Å². The molecule has 0 unspecified atom stereocenters. The van der Waals surface area contributed by atoms with Gasteiger partial charge < -0.3 is 4.57 Å². The molecule has 0 bridgehead atoms. The molecule has 14 rings (SSSR count). The van der Waals surface area contributed by atoms with E-state index in [4.69, 9.17) is 19.9 Å². The Bertz CT molecular complexity index is 4120. The normalized spacial score (nSPS) is 13.9. The molecule has 332 valence electrons. The lowest BCUT2D eigenvalue weighted by Gasteiger charge is -2.21. The topological polar surface area (TPSA) is 61.4 Å². The summed E-state index contributed by atoms with van der Waals surface area (Å²) in [5.41, 5.74) is 20.1. The Morgan fingerprint density at radius 3 is 1.66 bits per heavy atom. The van der Waals surface area contributed by atoms with E-state index < -0.39 is 0 Å². The van der Waals surface area contributed by atoms with Crippen molar-refractivity contribution < 1.29 is 0 Å². The van der Waals surface area contributed by atoms with Gasteiger partial charge in [-0.05, 0) is 117 Å². The van der Waals surface area contributed by atoms with E-state index in [1.807, 2.05) is 12.1 Å². The van der Waals surface area contributed by atoms with E-state index in [1.54, 1.807) is 0 Å². The van der Waals surface area contributed by atoms with Crippen LogP contribution in [0, 0.1) is 0 Å². The van der Waals surface area contributed by atoms with Crippen LogP contribution in [0.1, 0.15) is 49.9 Å². The Morgan fingerprint density at radius 2 is 0.886 bits per heavy atom. The lowest BCUT2D eigenvalue weighted by atomic mass is 9.82. The minimum Gasteiger partial charge on any atom is -0.309 e. The number of fused-ring (bicyclic) bond motifs is 10. The van der Waals surface area contributed by atoms with E-state index in [1.165, 1.54) is 55.4 Å². The van der Waals surface area contributed by atoms with Gasteiger partial charge in [0.1, 0.15) is 5.82 Å². The molecule has 0 atom stereocenters. The van der Waals surface area contributed by atoms with Gasteiger partial charge in [-0.1, -0.05) is 161 Å². The first-order valence-corrected chi connectivity index (χ1v) is 24.1. The van der Waals surface area contributed by atoms with Crippen molar-refractivity contribution >= 4 is 32.8 Å². The van der Waals surface area contributed by atoms with Crippen LogP contribution in [0.4, 0.5) is 0 Å². The Labute approximate surface area is 406 Å². The zero-order valence-electron chi connectivity index (χ0n) is 39.3. The Hall–Kier alpha value is -8.74. The first-order valence-electron chi connectivity index (χ1n) is 24.1. The molecule has 2 aliphatic rings. The van der Waals surface area contributed by atoms with Crippen LogP contribution in [-0.2, 0) is 10.8 Å². The second-order valence-electron chi connectivity index (χ2n) is 19.9.